The molecule has 0 heterocycles. The van der Waals surface area contributed by atoms with E-state index >= 15 is 0 Å². The van der Waals surface area contributed by atoms with Crippen molar-refractivity contribution in [3.8, 4) is 5.75 Å². The van der Waals surface area contributed by atoms with Gasteiger partial charge in [0.05, 0.1) is 17.3 Å². The molecule has 4 nitrogen and oxygen atoms in total. The third-order valence-corrected chi connectivity index (χ3v) is 3.27. The van der Waals surface area contributed by atoms with Crippen molar-refractivity contribution in [2.24, 2.45) is 5.73 Å². The molecule has 0 aliphatic rings. The Bertz CT molecular complexity index is 440. The van der Waals surface area contributed by atoms with Crippen molar-refractivity contribution in [1.82, 2.24) is 0 Å². The molecule has 1 aromatic carbocycles. The number of carbonyl (C=O) groups excluding carboxylic acids is 1. The molecule has 0 bridgehead atoms. The average molecular weight is 336 g/mol. The topological polar surface area (TPSA) is 64.4 Å². The summed E-state index contributed by atoms with van der Waals surface area (Å²) >= 11 is 9.26. The molecular weight excluding hydrogens is 320 g/mol. The Labute approximate surface area is 120 Å². The van der Waals surface area contributed by atoms with Crippen LogP contribution in [0.2, 0.25) is 5.02 Å². The number of methoxy groups -OCH3 is 1. The molecule has 1 amide bonds. The van der Waals surface area contributed by atoms with Crippen LogP contribution in [0.15, 0.2) is 16.6 Å². The van der Waals surface area contributed by atoms with E-state index in [1.54, 1.807) is 12.1 Å². The standard InChI is InChI=1S/C12H16BrClN2O2/c1-3-8(15)6-11(17)16-10-5-7(14)4-9(13)12(10)18-2/h4-5,8H,3,6,15H2,1-2H3,(H,16,17). The van der Waals surface area contributed by atoms with Crippen LogP contribution >= 0.6 is 27.5 Å². The summed E-state index contributed by atoms with van der Waals surface area (Å²) in [7, 11) is 1.53. The maximum atomic E-state index is 11.8. The average Bonchev–Trinajstić information content (AvgIpc) is 2.28. The zero-order valence-electron chi connectivity index (χ0n) is 10.3. The first-order valence-electron chi connectivity index (χ1n) is 5.56. The number of ether oxygens (including phenoxy) is 1. The van der Waals surface area contributed by atoms with Crippen molar-refractivity contribution in [2.75, 3.05) is 12.4 Å². The molecule has 0 aromatic heterocycles. The SMILES string of the molecule is CCC(N)CC(=O)Nc1cc(Cl)cc(Br)c1OC. The van der Waals surface area contributed by atoms with E-state index in [2.05, 4.69) is 21.2 Å². The summed E-state index contributed by atoms with van der Waals surface area (Å²) in [6.07, 6.45) is 1.02. The number of nitrogens with two attached hydrogens (primary N) is 1. The number of amides is 1. The Hall–Kier alpha value is -0.780. The first-order chi connectivity index (χ1) is 8.47. The first-order valence-corrected chi connectivity index (χ1v) is 6.73. The minimum absolute atomic E-state index is 0.140. The minimum atomic E-state index is -0.156. The van der Waals surface area contributed by atoms with Crippen LogP contribution in [0, 0.1) is 0 Å². The fourth-order valence-corrected chi connectivity index (χ4v) is 2.42. The van der Waals surface area contributed by atoms with Crippen LogP contribution in [-0.2, 0) is 4.79 Å². The lowest BCUT2D eigenvalue weighted by Crippen LogP contribution is -2.26. The third kappa shape index (κ3) is 4.15. The molecular formula is C12H16BrClN2O2. The fourth-order valence-electron chi connectivity index (χ4n) is 1.44. The highest BCUT2D eigenvalue weighted by molar-refractivity contribution is 9.10. The smallest absolute Gasteiger partial charge is 0.226 e. The van der Waals surface area contributed by atoms with Crippen LogP contribution in [-0.4, -0.2) is 19.1 Å². The number of hydrogen-bond donors (Lipinski definition) is 2. The quantitative estimate of drug-likeness (QED) is 0.868. The van der Waals surface area contributed by atoms with Gasteiger partial charge in [-0.25, -0.2) is 0 Å². The van der Waals surface area contributed by atoms with Gasteiger partial charge >= 0.3 is 0 Å². The molecule has 1 atom stereocenters. The van der Waals surface area contributed by atoms with Crippen molar-refractivity contribution in [1.29, 1.82) is 0 Å². The summed E-state index contributed by atoms with van der Waals surface area (Å²) in [5, 5.41) is 3.26. The molecule has 100 valence electrons. The molecule has 0 saturated carbocycles. The summed E-state index contributed by atoms with van der Waals surface area (Å²) in [4.78, 5) is 11.8. The summed E-state index contributed by atoms with van der Waals surface area (Å²) in [5.41, 5.74) is 6.26. The van der Waals surface area contributed by atoms with Gasteiger partial charge in [-0.2, -0.15) is 0 Å². The van der Waals surface area contributed by atoms with E-state index in [9.17, 15) is 4.79 Å². The predicted octanol–water partition coefficient (Wildman–Crippen LogP) is 3.18. The zero-order chi connectivity index (χ0) is 13.7. The van der Waals surface area contributed by atoms with E-state index in [1.807, 2.05) is 6.92 Å². The maximum Gasteiger partial charge on any atom is 0.226 e. The second kappa shape index (κ2) is 6.97. The lowest BCUT2D eigenvalue weighted by molar-refractivity contribution is -0.116. The lowest BCUT2D eigenvalue weighted by Gasteiger charge is -2.14. The molecule has 1 aromatic rings. The Kier molecular flexibility index (Phi) is 5.91. The Balaban J connectivity index is 2.86. The molecule has 1 rings (SSSR count). The normalized spacial score (nSPS) is 12.1. The summed E-state index contributed by atoms with van der Waals surface area (Å²) in [6.45, 7) is 1.94. The predicted molar refractivity (Wildman–Crippen MR) is 77.2 cm³/mol. The highest BCUT2D eigenvalue weighted by Crippen LogP contribution is 2.36. The van der Waals surface area contributed by atoms with E-state index in [0.717, 1.165) is 6.42 Å². The van der Waals surface area contributed by atoms with Crippen LogP contribution < -0.4 is 15.8 Å². The molecule has 0 fully saturated rings. The fraction of sp³-hybridized carbons (Fsp3) is 0.417. The maximum absolute atomic E-state index is 11.8. The van der Waals surface area contributed by atoms with Crippen molar-refractivity contribution in [2.45, 2.75) is 25.8 Å². The van der Waals surface area contributed by atoms with Crippen LogP contribution in [0.4, 0.5) is 5.69 Å². The summed E-state index contributed by atoms with van der Waals surface area (Å²) < 4.78 is 5.90. The van der Waals surface area contributed by atoms with Crippen molar-refractivity contribution >= 4 is 39.1 Å². The number of rotatable bonds is 5. The van der Waals surface area contributed by atoms with Gasteiger partial charge in [0.2, 0.25) is 5.91 Å². The van der Waals surface area contributed by atoms with E-state index in [4.69, 9.17) is 22.1 Å². The van der Waals surface area contributed by atoms with E-state index in [1.165, 1.54) is 7.11 Å². The van der Waals surface area contributed by atoms with E-state index in [0.29, 0.717) is 20.9 Å². The van der Waals surface area contributed by atoms with Gasteiger partial charge in [-0.05, 0) is 34.5 Å². The Morgan fingerprint density at radius 2 is 2.28 bits per heavy atom. The van der Waals surface area contributed by atoms with Crippen molar-refractivity contribution in [3.05, 3.63) is 21.6 Å². The van der Waals surface area contributed by atoms with Gasteiger partial charge in [0.15, 0.2) is 5.75 Å². The molecule has 18 heavy (non-hydrogen) atoms. The molecule has 0 aliphatic carbocycles. The van der Waals surface area contributed by atoms with Gasteiger partial charge < -0.3 is 15.8 Å². The number of hydrogen-bond acceptors (Lipinski definition) is 3. The molecule has 0 radical (unpaired) electrons. The van der Waals surface area contributed by atoms with Gasteiger partial charge in [-0.15, -0.1) is 0 Å². The van der Waals surface area contributed by atoms with Crippen LogP contribution in [0.3, 0.4) is 0 Å². The van der Waals surface area contributed by atoms with Gasteiger partial charge in [-0.3, -0.25) is 4.79 Å². The lowest BCUT2D eigenvalue weighted by atomic mass is 10.1. The third-order valence-electron chi connectivity index (χ3n) is 2.46. The Morgan fingerprint density at radius 3 is 2.83 bits per heavy atom. The van der Waals surface area contributed by atoms with Crippen LogP contribution in [0.1, 0.15) is 19.8 Å². The molecule has 1 unspecified atom stereocenters. The summed E-state index contributed by atoms with van der Waals surface area (Å²) in [5.74, 6) is 0.384. The molecule has 3 N–H and O–H groups in total. The highest BCUT2D eigenvalue weighted by Gasteiger charge is 2.13. The van der Waals surface area contributed by atoms with E-state index < -0.39 is 0 Å². The van der Waals surface area contributed by atoms with E-state index in [-0.39, 0.29) is 18.4 Å². The van der Waals surface area contributed by atoms with Crippen LogP contribution in [0.5, 0.6) is 5.75 Å². The summed E-state index contributed by atoms with van der Waals surface area (Å²) in [6, 6.07) is 3.20. The highest BCUT2D eigenvalue weighted by atomic mass is 79.9. The number of halogens is 2. The van der Waals surface area contributed by atoms with Crippen LogP contribution in [0.25, 0.3) is 0 Å². The minimum Gasteiger partial charge on any atom is -0.493 e. The molecule has 0 aliphatic heterocycles. The Morgan fingerprint density at radius 1 is 1.61 bits per heavy atom. The zero-order valence-corrected chi connectivity index (χ0v) is 12.6. The number of nitrogens with one attached hydrogen (secondary N) is 1. The number of carbonyl (C=O) groups is 1. The van der Waals surface area contributed by atoms with Gasteiger partial charge in [0.25, 0.3) is 0 Å². The second-order valence-electron chi connectivity index (χ2n) is 3.89. The van der Waals surface area contributed by atoms with Gasteiger partial charge in [-0.1, -0.05) is 18.5 Å². The largest absolute Gasteiger partial charge is 0.493 e. The molecule has 6 heteroatoms. The molecule has 0 spiro atoms. The first kappa shape index (κ1) is 15.3. The number of anilines is 1. The van der Waals surface area contributed by atoms with Crippen molar-refractivity contribution < 1.29 is 9.53 Å². The van der Waals surface area contributed by atoms with Gasteiger partial charge in [0.1, 0.15) is 0 Å². The van der Waals surface area contributed by atoms with Crippen molar-refractivity contribution in [3.63, 3.8) is 0 Å². The monoisotopic (exact) mass is 334 g/mol. The van der Waals surface area contributed by atoms with Gasteiger partial charge in [0, 0.05) is 17.5 Å². The number of benzene rings is 1. The second-order valence-corrected chi connectivity index (χ2v) is 5.18. The molecule has 0 saturated heterocycles.